The van der Waals surface area contributed by atoms with Crippen molar-refractivity contribution in [3.63, 3.8) is 0 Å². The van der Waals surface area contributed by atoms with Crippen LogP contribution in [0.15, 0.2) is 18.2 Å². The van der Waals surface area contributed by atoms with Crippen molar-refractivity contribution in [3.8, 4) is 0 Å². The molecule has 6 heteroatoms. The summed E-state index contributed by atoms with van der Waals surface area (Å²) in [5.74, 6) is -0.833. The van der Waals surface area contributed by atoms with E-state index in [0.717, 1.165) is 6.42 Å². The van der Waals surface area contributed by atoms with Gasteiger partial charge in [-0.1, -0.05) is 25.4 Å². The monoisotopic (exact) mass is 312 g/mol. The normalized spacial score (nSPS) is 12.2. The van der Waals surface area contributed by atoms with Crippen LogP contribution in [-0.2, 0) is 4.79 Å². The molecule has 1 aromatic rings. The zero-order valence-electron chi connectivity index (χ0n) is 12.2. The van der Waals surface area contributed by atoms with E-state index in [4.69, 9.17) is 22.4 Å². The quantitative estimate of drug-likeness (QED) is 0.721. The molecule has 0 unspecified atom stereocenters. The van der Waals surface area contributed by atoms with Crippen LogP contribution in [0.25, 0.3) is 0 Å². The van der Waals surface area contributed by atoms with E-state index in [9.17, 15) is 9.59 Å². The van der Waals surface area contributed by atoms with Gasteiger partial charge in [-0.25, -0.2) is 4.79 Å². The van der Waals surface area contributed by atoms with Gasteiger partial charge in [-0.3, -0.25) is 4.79 Å². The highest BCUT2D eigenvalue weighted by Crippen LogP contribution is 2.22. The Morgan fingerprint density at radius 3 is 2.57 bits per heavy atom. The topological polar surface area (TPSA) is 92.4 Å². The SMILES string of the molecule is CC(C)C[C@H](CN)CC(=O)Nc1cc(Cl)ccc1C(=O)O. The Labute approximate surface area is 129 Å². The van der Waals surface area contributed by atoms with E-state index in [-0.39, 0.29) is 29.5 Å². The molecule has 1 rings (SSSR count). The van der Waals surface area contributed by atoms with Gasteiger partial charge >= 0.3 is 5.97 Å². The highest BCUT2D eigenvalue weighted by atomic mass is 35.5. The predicted molar refractivity (Wildman–Crippen MR) is 83.7 cm³/mol. The average Bonchev–Trinajstić information content (AvgIpc) is 2.36. The highest BCUT2D eigenvalue weighted by Gasteiger charge is 2.17. The largest absolute Gasteiger partial charge is 0.478 e. The summed E-state index contributed by atoms with van der Waals surface area (Å²) in [6.07, 6.45) is 1.12. The van der Waals surface area contributed by atoms with Crippen LogP contribution < -0.4 is 11.1 Å². The van der Waals surface area contributed by atoms with E-state index in [0.29, 0.717) is 17.5 Å². The molecule has 0 saturated carbocycles. The lowest BCUT2D eigenvalue weighted by Gasteiger charge is -2.17. The molecule has 0 radical (unpaired) electrons. The second-order valence-corrected chi connectivity index (χ2v) is 5.92. The fourth-order valence-corrected chi connectivity index (χ4v) is 2.37. The van der Waals surface area contributed by atoms with Crippen molar-refractivity contribution in [1.82, 2.24) is 0 Å². The third kappa shape index (κ3) is 5.73. The second-order valence-electron chi connectivity index (χ2n) is 5.48. The number of halogens is 1. The summed E-state index contributed by atoms with van der Waals surface area (Å²) in [5, 5.41) is 12.1. The lowest BCUT2D eigenvalue weighted by Crippen LogP contribution is -2.24. The second kappa shape index (κ2) is 8.00. The molecule has 0 fully saturated rings. The molecule has 1 amide bonds. The van der Waals surface area contributed by atoms with Gasteiger partial charge in [0.1, 0.15) is 0 Å². The number of nitrogens with one attached hydrogen (secondary N) is 1. The van der Waals surface area contributed by atoms with Crippen molar-refractivity contribution in [2.75, 3.05) is 11.9 Å². The number of carbonyl (C=O) groups excluding carboxylic acids is 1. The molecule has 0 aromatic heterocycles. The summed E-state index contributed by atoms with van der Waals surface area (Å²) in [4.78, 5) is 23.2. The standard InChI is InChI=1S/C15H21ClN2O3/c1-9(2)5-10(8-17)6-14(19)18-13-7-11(16)3-4-12(13)15(20)21/h3-4,7,9-10H,5-6,8,17H2,1-2H3,(H,18,19)(H,20,21)/t10-/m0/s1. The summed E-state index contributed by atoms with van der Waals surface area (Å²) in [7, 11) is 0. The third-order valence-electron chi connectivity index (χ3n) is 3.10. The van der Waals surface area contributed by atoms with Crippen molar-refractivity contribution in [3.05, 3.63) is 28.8 Å². The van der Waals surface area contributed by atoms with E-state index in [1.807, 2.05) is 0 Å². The van der Waals surface area contributed by atoms with E-state index < -0.39 is 5.97 Å². The van der Waals surface area contributed by atoms with Crippen LogP contribution in [0.5, 0.6) is 0 Å². The number of anilines is 1. The van der Waals surface area contributed by atoms with Crippen molar-refractivity contribution in [2.24, 2.45) is 17.6 Å². The molecule has 0 saturated heterocycles. The summed E-state index contributed by atoms with van der Waals surface area (Å²) >= 11 is 5.84. The summed E-state index contributed by atoms with van der Waals surface area (Å²) in [5.41, 5.74) is 5.89. The highest BCUT2D eigenvalue weighted by molar-refractivity contribution is 6.31. The lowest BCUT2D eigenvalue weighted by atomic mass is 9.94. The van der Waals surface area contributed by atoms with Crippen molar-refractivity contribution in [1.29, 1.82) is 0 Å². The average molecular weight is 313 g/mol. The van der Waals surface area contributed by atoms with Gasteiger partial charge in [-0.2, -0.15) is 0 Å². The molecule has 5 nitrogen and oxygen atoms in total. The molecule has 0 spiro atoms. The predicted octanol–water partition coefficient (Wildman–Crippen LogP) is 2.99. The first-order valence-corrected chi connectivity index (χ1v) is 7.24. The maximum absolute atomic E-state index is 12.0. The Morgan fingerprint density at radius 1 is 1.38 bits per heavy atom. The van der Waals surface area contributed by atoms with Gasteiger partial charge in [0.2, 0.25) is 5.91 Å². The lowest BCUT2D eigenvalue weighted by molar-refractivity contribution is -0.117. The number of carboxylic acid groups (broad SMARTS) is 1. The Kier molecular flexibility index (Phi) is 6.65. The number of nitrogens with two attached hydrogens (primary N) is 1. The van der Waals surface area contributed by atoms with Crippen molar-refractivity contribution >= 4 is 29.2 Å². The maximum atomic E-state index is 12.0. The summed E-state index contributed by atoms with van der Waals surface area (Å²) < 4.78 is 0. The number of benzene rings is 1. The minimum Gasteiger partial charge on any atom is -0.478 e. The Hall–Kier alpha value is -1.59. The number of hydrogen-bond acceptors (Lipinski definition) is 3. The molecule has 4 N–H and O–H groups in total. The molecular formula is C15H21ClN2O3. The molecule has 0 aliphatic carbocycles. The van der Waals surface area contributed by atoms with Crippen LogP contribution in [0.3, 0.4) is 0 Å². The smallest absolute Gasteiger partial charge is 0.337 e. The molecule has 0 aliphatic rings. The molecule has 21 heavy (non-hydrogen) atoms. The number of rotatable bonds is 7. The number of hydrogen-bond donors (Lipinski definition) is 3. The van der Waals surface area contributed by atoms with Gasteiger partial charge < -0.3 is 16.2 Å². The maximum Gasteiger partial charge on any atom is 0.337 e. The molecular weight excluding hydrogens is 292 g/mol. The van der Waals surface area contributed by atoms with Crippen LogP contribution >= 0.6 is 11.6 Å². The third-order valence-corrected chi connectivity index (χ3v) is 3.33. The van der Waals surface area contributed by atoms with Crippen LogP contribution in [-0.4, -0.2) is 23.5 Å². The Bertz CT molecular complexity index is 518. The number of carbonyl (C=O) groups is 2. The van der Waals surface area contributed by atoms with E-state index in [1.165, 1.54) is 18.2 Å². The van der Waals surface area contributed by atoms with Gasteiger partial charge in [-0.05, 0) is 43.0 Å². The van der Waals surface area contributed by atoms with Crippen LogP contribution in [0.1, 0.15) is 37.0 Å². The zero-order chi connectivity index (χ0) is 16.0. The van der Waals surface area contributed by atoms with Crippen LogP contribution in [0, 0.1) is 11.8 Å². The molecule has 1 atom stereocenters. The van der Waals surface area contributed by atoms with Gasteiger partial charge in [0.05, 0.1) is 11.3 Å². The van der Waals surface area contributed by atoms with Crippen molar-refractivity contribution < 1.29 is 14.7 Å². The van der Waals surface area contributed by atoms with Gasteiger partial charge in [0, 0.05) is 11.4 Å². The van der Waals surface area contributed by atoms with Crippen LogP contribution in [0.2, 0.25) is 5.02 Å². The number of carboxylic acids is 1. The van der Waals surface area contributed by atoms with E-state index in [1.54, 1.807) is 0 Å². The first-order chi connectivity index (χ1) is 9.83. The fraction of sp³-hybridized carbons (Fsp3) is 0.467. The zero-order valence-corrected chi connectivity index (χ0v) is 13.0. The summed E-state index contributed by atoms with van der Waals surface area (Å²) in [6, 6.07) is 4.28. The Morgan fingerprint density at radius 2 is 2.05 bits per heavy atom. The first-order valence-electron chi connectivity index (χ1n) is 6.86. The Balaban J connectivity index is 2.78. The summed E-state index contributed by atoms with van der Waals surface area (Å²) in [6.45, 7) is 4.56. The van der Waals surface area contributed by atoms with Crippen LogP contribution in [0.4, 0.5) is 5.69 Å². The first kappa shape index (κ1) is 17.5. The number of aromatic carboxylic acids is 1. The van der Waals surface area contributed by atoms with Gasteiger partial charge in [0.25, 0.3) is 0 Å². The molecule has 0 aliphatic heterocycles. The molecule has 0 bridgehead atoms. The van der Waals surface area contributed by atoms with Gasteiger partial charge in [0.15, 0.2) is 0 Å². The minimum atomic E-state index is -1.11. The number of amides is 1. The van der Waals surface area contributed by atoms with E-state index in [2.05, 4.69) is 19.2 Å². The van der Waals surface area contributed by atoms with Crippen molar-refractivity contribution in [2.45, 2.75) is 26.7 Å². The minimum absolute atomic E-state index is 0.0147. The fourth-order valence-electron chi connectivity index (χ4n) is 2.20. The molecule has 116 valence electrons. The van der Waals surface area contributed by atoms with E-state index >= 15 is 0 Å². The van der Waals surface area contributed by atoms with Gasteiger partial charge in [-0.15, -0.1) is 0 Å². The molecule has 0 heterocycles. The molecule has 1 aromatic carbocycles.